The van der Waals surface area contributed by atoms with Crippen molar-refractivity contribution in [2.75, 3.05) is 26.2 Å². The van der Waals surface area contributed by atoms with E-state index in [2.05, 4.69) is 4.90 Å². The van der Waals surface area contributed by atoms with Crippen molar-refractivity contribution in [1.29, 1.82) is 0 Å². The number of carbonyl (C=O) groups is 2. The van der Waals surface area contributed by atoms with Crippen LogP contribution in [0.25, 0.3) is 0 Å². The lowest BCUT2D eigenvalue weighted by molar-refractivity contribution is -0.160. The highest BCUT2D eigenvalue weighted by molar-refractivity contribution is 5.84. The number of nitrogens with zero attached hydrogens (tertiary/aromatic N) is 2. The highest BCUT2D eigenvalue weighted by atomic mass is 16.2. The normalized spacial score (nSPS) is 42.2. The van der Waals surface area contributed by atoms with Crippen molar-refractivity contribution in [3.05, 3.63) is 0 Å². The fraction of sp³-hybridized carbons (Fsp3) is 0.895. The molecule has 0 aromatic carbocycles. The first-order valence-corrected chi connectivity index (χ1v) is 9.71. The number of hydrogen-bond acceptors (Lipinski definition) is 2. The Morgan fingerprint density at radius 1 is 0.739 bits per heavy atom. The number of rotatable bonds is 2. The zero-order chi connectivity index (χ0) is 15.6. The molecule has 6 rings (SSSR count). The monoisotopic (exact) mass is 316 g/mol. The number of amides is 2. The minimum absolute atomic E-state index is 0.0164. The van der Waals surface area contributed by atoms with Gasteiger partial charge in [0, 0.05) is 32.1 Å². The molecule has 0 aromatic heterocycles. The first-order valence-electron chi connectivity index (χ1n) is 9.71. The first-order chi connectivity index (χ1) is 11.1. The van der Waals surface area contributed by atoms with Gasteiger partial charge < -0.3 is 9.80 Å². The summed E-state index contributed by atoms with van der Waals surface area (Å²) in [6.45, 7) is 3.04. The van der Waals surface area contributed by atoms with Crippen LogP contribution in [0.5, 0.6) is 0 Å². The highest BCUT2D eigenvalue weighted by Gasteiger charge is 2.55. The zero-order valence-electron chi connectivity index (χ0n) is 14.0. The fourth-order valence-electron chi connectivity index (χ4n) is 6.43. The van der Waals surface area contributed by atoms with Crippen molar-refractivity contribution < 1.29 is 9.59 Å². The molecule has 0 aromatic rings. The van der Waals surface area contributed by atoms with E-state index < -0.39 is 0 Å². The van der Waals surface area contributed by atoms with Gasteiger partial charge >= 0.3 is 0 Å². The third kappa shape index (κ3) is 2.32. The molecule has 23 heavy (non-hydrogen) atoms. The maximum Gasteiger partial charge on any atom is 0.228 e. The van der Waals surface area contributed by atoms with E-state index in [4.69, 9.17) is 0 Å². The molecule has 4 heteroatoms. The maximum absolute atomic E-state index is 13.3. The molecule has 4 bridgehead atoms. The summed E-state index contributed by atoms with van der Waals surface area (Å²) in [5, 5.41) is 0. The largest absolute Gasteiger partial charge is 0.339 e. The van der Waals surface area contributed by atoms with Crippen LogP contribution in [-0.4, -0.2) is 47.8 Å². The lowest BCUT2D eigenvalue weighted by Crippen LogP contribution is -2.58. The van der Waals surface area contributed by atoms with Gasteiger partial charge in [-0.25, -0.2) is 0 Å². The molecule has 0 unspecified atom stereocenters. The van der Waals surface area contributed by atoms with Gasteiger partial charge in [-0.3, -0.25) is 9.59 Å². The standard InChI is InChI=1S/C19H28N2O2/c22-17(16-1-2-16)20-3-5-21(6-4-20)18(23)19-10-13-7-14(11-19)9-15(8-13)12-19/h13-16H,1-12H2. The third-order valence-electron chi connectivity index (χ3n) is 7.30. The molecule has 6 fully saturated rings. The molecule has 1 aliphatic heterocycles. The van der Waals surface area contributed by atoms with Crippen molar-refractivity contribution >= 4 is 11.8 Å². The number of hydrogen-bond donors (Lipinski definition) is 0. The van der Waals surface area contributed by atoms with Crippen molar-refractivity contribution in [2.45, 2.75) is 51.4 Å². The molecule has 0 radical (unpaired) electrons. The molecule has 1 heterocycles. The van der Waals surface area contributed by atoms with Gasteiger partial charge in [0.1, 0.15) is 0 Å². The number of piperazine rings is 1. The smallest absolute Gasteiger partial charge is 0.228 e. The van der Waals surface area contributed by atoms with Gasteiger partial charge in [-0.15, -0.1) is 0 Å². The summed E-state index contributed by atoms with van der Waals surface area (Å²) < 4.78 is 0. The molecular formula is C19H28N2O2. The predicted molar refractivity (Wildman–Crippen MR) is 86.5 cm³/mol. The molecule has 1 saturated heterocycles. The molecule has 0 N–H and O–H groups in total. The summed E-state index contributed by atoms with van der Waals surface area (Å²) >= 11 is 0. The Morgan fingerprint density at radius 3 is 1.70 bits per heavy atom. The maximum atomic E-state index is 13.3. The molecule has 5 aliphatic carbocycles. The van der Waals surface area contributed by atoms with Crippen LogP contribution in [0.15, 0.2) is 0 Å². The van der Waals surface area contributed by atoms with Gasteiger partial charge in [0.05, 0.1) is 5.41 Å². The lowest BCUT2D eigenvalue weighted by Gasteiger charge is -2.57. The Hall–Kier alpha value is -1.06. The van der Waals surface area contributed by atoms with Gasteiger partial charge in [-0.1, -0.05) is 0 Å². The predicted octanol–water partition coefficient (Wildman–Crippen LogP) is 2.28. The SMILES string of the molecule is O=C(C1CC1)N1CCN(C(=O)C23CC4CC(CC(C4)C2)C3)CC1. The van der Waals surface area contributed by atoms with Crippen LogP contribution in [-0.2, 0) is 9.59 Å². The van der Waals surface area contributed by atoms with Crippen molar-refractivity contribution in [2.24, 2.45) is 29.1 Å². The van der Waals surface area contributed by atoms with Crippen LogP contribution in [0.1, 0.15) is 51.4 Å². The van der Waals surface area contributed by atoms with E-state index in [0.29, 0.717) is 17.7 Å². The summed E-state index contributed by atoms with van der Waals surface area (Å²) in [4.78, 5) is 29.6. The summed E-state index contributed by atoms with van der Waals surface area (Å²) in [6, 6.07) is 0. The first kappa shape index (κ1) is 14.3. The Kier molecular flexibility index (Phi) is 3.09. The average molecular weight is 316 g/mol. The summed E-state index contributed by atoms with van der Waals surface area (Å²) in [7, 11) is 0. The van der Waals surface area contributed by atoms with Crippen molar-refractivity contribution in [3.63, 3.8) is 0 Å². The zero-order valence-corrected chi connectivity index (χ0v) is 14.0. The molecule has 5 saturated carbocycles. The quantitative estimate of drug-likeness (QED) is 0.784. The average Bonchev–Trinajstić information content (AvgIpc) is 3.37. The molecular weight excluding hydrogens is 288 g/mol. The Bertz CT molecular complexity index is 496. The van der Waals surface area contributed by atoms with E-state index in [-0.39, 0.29) is 5.41 Å². The molecule has 6 aliphatic rings. The molecule has 0 spiro atoms. The van der Waals surface area contributed by atoms with Crippen LogP contribution in [0.3, 0.4) is 0 Å². The summed E-state index contributed by atoms with van der Waals surface area (Å²) in [5.74, 6) is 3.55. The van der Waals surface area contributed by atoms with Gasteiger partial charge in [0.25, 0.3) is 0 Å². The molecule has 126 valence electrons. The minimum Gasteiger partial charge on any atom is -0.339 e. The topological polar surface area (TPSA) is 40.6 Å². The second-order valence-electron chi connectivity index (χ2n) is 9.09. The van der Waals surface area contributed by atoms with Gasteiger partial charge in [-0.2, -0.15) is 0 Å². The molecule has 2 amide bonds. The van der Waals surface area contributed by atoms with Crippen LogP contribution >= 0.6 is 0 Å². The fourth-order valence-corrected chi connectivity index (χ4v) is 6.43. The van der Waals surface area contributed by atoms with E-state index in [9.17, 15) is 9.59 Å². The van der Waals surface area contributed by atoms with Gasteiger partial charge in [0.15, 0.2) is 0 Å². The number of carbonyl (C=O) groups excluding carboxylic acids is 2. The van der Waals surface area contributed by atoms with E-state index in [1.54, 1.807) is 0 Å². The van der Waals surface area contributed by atoms with Crippen LogP contribution in [0.2, 0.25) is 0 Å². The van der Waals surface area contributed by atoms with Crippen molar-refractivity contribution in [3.8, 4) is 0 Å². The van der Waals surface area contributed by atoms with E-state index in [1.165, 1.54) is 19.3 Å². The summed E-state index contributed by atoms with van der Waals surface area (Å²) in [5.41, 5.74) is -0.0164. The van der Waals surface area contributed by atoms with E-state index in [1.807, 2.05) is 4.90 Å². The van der Waals surface area contributed by atoms with Crippen LogP contribution < -0.4 is 0 Å². The van der Waals surface area contributed by atoms with Crippen molar-refractivity contribution in [1.82, 2.24) is 9.80 Å². The Balaban J connectivity index is 1.26. The lowest BCUT2D eigenvalue weighted by atomic mass is 9.49. The van der Waals surface area contributed by atoms with E-state index >= 15 is 0 Å². The van der Waals surface area contributed by atoms with Crippen LogP contribution in [0, 0.1) is 29.1 Å². The highest BCUT2D eigenvalue weighted by Crippen LogP contribution is 2.60. The van der Waals surface area contributed by atoms with Gasteiger partial charge in [-0.05, 0) is 69.1 Å². The van der Waals surface area contributed by atoms with Gasteiger partial charge in [0.2, 0.25) is 11.8 Å². The Labute approximate surface area is 138 Å². The second kappa shape index (κ2) is 4.97. The third-order valence-corrected chi connectivity index (χ3v) is 7.30. The molecule has 4 nitrogen and oxygen atoms in total. The minimum atomic E-state index is -0.0164. The second-order valence-corrected chi connectivity index (χ2v) is 9.09. The molecule has 0 atom stereocenters. The van der Waals surface area contributed by atoms with Crippen LogP contribution in [0.4, 0.5) is 0 Å². The Morgan fingerprint density at radius 2 is 1.22 bits per heavy atom. The summed E-state index contributed by atoms with van der Waals surface area (Å²) in [6.07, 6.45) is 9.76. The van der Waals surface area contributed by atoms with E-state index in [0.717, 1.165) is 76.0 Å².